The van der Waals surface area contributed by atoms with E-state index in [1.165, 1.54) is 0 Å². The molecule has 2 amide bonds. The minimum atomic E-state index is -0.668. The van der Waals surface area contributed by atoms with Crippen LogP contribution in [0.15, 0.2) is 83.3 Å². The van der Waals surface area contributed by atoms with Crippen LogP contribution in [0, 0.1) is 0 Å². The summed E-state index contributed by atoms with van der Waals surface area (Å²) in [5.74, 6) is -0.272. The van der Waals surface area contributed by atoms with Gasteiger partial charge in [-0.05, 0) is 41.3 Å². The van der Waals surface area contributed by atoms with Gasteiger partial charge in [-0.2, -0.15) is 0 Å². The lowest BCUT2D eigenvalue weighted by molar-refractivity contribution is -0.126. The summed E-state index contributed by atoms with van der Waals surface area (Å²) in [6.45, 7) is 2.46. The van der Waals surface area contributed by atoms with Crippen molar-refractivity contribution < 1.29 is 9.59 Å². The van der Waals surface area contributed by atoms with E-state index in [9.17, 15) is 9.59 Å². The van der Waals surface area contributed by atoms with Crippen LogP contribution in [0.2, 0.25) is 0 Å². The highest BCUT2D eigenvalue weighted by atomic mass is 79.9. The first-order chi connectivity index (χ1) is 14.6. The van der Waals surface area contributed by atoms with Gasteiger partial charge in [0.25, 0.3) is 5.91 Å². The molecule has 3 aromatic carbocycles. The maximum Gasteiger partial charge on any atom is 0.255 e. The summed E-state index contributed by atoms with van der Waals surface area (Å²) < 4.78 is 0.851. The van der Waals surface area contributed by atoms with Crippen LogP contribution in [0.4, 0.5) is 0 Å². The Hall–Kier alpha value is -2.92. The van der Waals surface area contributed by atoms with Crippen molar-refractivity contribution in [1.29, 1.82) is 0 Å². The molecule has 0 bridgehead atoms. The zero-order chi connectivity index (χ0) is 21.1. The molecule has 0 radical (unpaired) electrons. The molecule has 0 fully saturated rings. The van der Waals surface area contributed by atoms with Crippen molar-refractivity contribution in [1.82, 2.24) is 10.2 Å². The number of amides is 2. The Morgan fingerprint density at radius 1 is 1.03 bits per heavy atom. The van der Waals surface area contributed by atoms with Crippen LogP contribution >= 0.6 is 15.9 Å². The molecule has 152 valence electrons. The Balaban J connectivity index is 1.70. The number of hydrogen-bond donors (Lipinski definition) is 1. The third-order valence-corrected chi connectivity index (χ3v) is 6.01. The summed E-state index contributed by atoms with van der Waals surface area (Å²) in [5.41, 5.74) is 3.38. The van der Waals surface area contributed by atoms with Gasteiger partial charge >= 0.3 is 0 Å². The Kier molecular flexibility index (Phi) is 6.00. The van der Waals surface area contributed by atoms with Gasteiger partial charge in [-0.3, -0.25) is 9.59 Å². The average Bonchev–Trinajstić information content (AvgIpc) is 3.06. The fraction of sp³-hybridized carbons (Fsp3) is 0.200. The van der Waals surface area contributed by atoms with Crippen LogP contribution in [0.25, 0.3) is 0 Å². The zero-order valence-electron chi connectivity index (χ0n) is 16.7. The third-order valence-electron chi connectivity index (χ3n) is 5.52. The van der Waals surface area contributed by atoms with Crippen molar-refractivity contribution in [3.05, 3.63) is 106 Å². The van der Waals surface area contributed by atoms with Crippen LogP contribution in [-0.4, -0.2) is 16.7 Å². The zero-order valence-corrected chi connectivity index (χ0v) is 18.3. The molecule has 0 spiro atoms. The first-order valence-corrected chi connectivity index (χ1v) is 10.9. The van der Waals surface area contributed by atoms with Crippen molar-refractivity contribution in [3.63, 3.8) is 0 Å². The highest BCUT2D eigenvalue weighted by molar-refractivity contribution is 9.10. The summed E-state index contributed by atoms with van der Waals surface area (Å²) in [4.78, 5) is 28.5. The van der Waals surface area contributed by atoms with Gasteiger partial charge in [0.2, 0.25) is 5.91 Å². The van der Waals surface area contributed by atoms with Crippen LogP contribution in [0.1, 0.15) is 52.5 Å². The van der Waals surface area contributed by atoms with Gasteiger partial charge in [0.1, 0.15) is 6.04 Å². The minimum absolute atomic E-state index is 0.104. The fourth-order valence-corrected chi connectivity index (χ4v) is 4.48. The standard InChI is InChI=1S/C25H23BrN2O2/c1-2-22(18-11-7-4-8-12-18)28-23(21-15-19(26)13-14-20(21)25(28)30)24(29)27-16-17-9-5-3-6-10-17/h3-15,22-23H,2,16H2,1H3,(H,27,29). The van der Waals surface area contributed by atoms with Crippen LogP contribution in [-0.2, 0) is 11.3 Å². The molecule has 0 saturated heterocycles. The lowest BCUT2D eigenvalue weighted by Gasteiger charge is -2.32. The van der Waals surface area contributed by atoms with Crippen molar-refractivity contribution >= 4 is 27.7 Å². The fourth-order valence-electron chi connectivity index (χ4n) is 4.10. The number of hydrogen-bond acceptors (Lipinski definition) is 2. The smallest absolute Gasteiger partial charge is 0.255 e. The summed E-state index contributed by atoms with van der Waals surface area (Å²) in [7, 11) is 0. The third kappa shape index (κ3) is 3.90. The summed E-state index contributed by atoms with van der Waals surface area (Å²) in [6.07, 6.45) is 0.716. The Bertz CT molecular complexity index is 1050. The van der Waals surface area contributed by atoms with E-state index in [1.807, 2.05) is 79.7 Å². The highest BCUT2D eigenvalue weighted by Gasteiger charge is 2.44. The van der Waals surface area contributed by atoms with Gasteiger partial charge in [0.05, 0.1) is 6.04 Å². The molecule has 1 N–H and O–H groups in total. The molecule has 4 rings (SSSR count). The molecular formula is C25H23BrN2O2. The Morgan fingerprint density at radius 2 is 1.70 bits per heavy atom. The average molecular weight is 463 g/mol. The van der Waals surface area contributed by atoms with E-state index in [4.69, 9.17) is 0 Å². The second-order valence-electron chi connectivity index (χ2n) is 7.38. The summed E-state index contributed by atoms with van der Waals surface area (Å²) >= 11 is 3.49. The maximum absolute atomic E-state index is 13.4. The first-order valence-electron chi connectivity index (χ1n) is 10.1. The molecule has 1 aliphatic heterocycles. The first kappa shape index (κ1) is 20.4. The van der Waals surface area contributed by atoms with Crippen LogP contribution in [0.3, 0.4) is 0 Å². The maximum atomic E-state index is 13.4. The number of carbonyl (C=O) groups is 2. The quantitative estimate of drug-likeness (QED) is 0.531. The summed E-state index contributed by atoms with van der Waals surface area (Å²) in [6, 6.07) is 24.4. The number of rotatable bonds is 6. The molecule has 4 nitrogen and oxygen atoms in total. The topological polar surface area (TPSA) is 49.4 Å². The number of carbonyl (C=O) groups excluding carboxylic acids is 2. The highest BCUT2D eigenvalue weighted by Crippen LogP contribution is 2.42. The van der Waals surface area contributed by atoms with E-state index >= 15 is 0 Å². The minimum Gasteiger partial charge on any atom is -0.350 e. The van der Waals surface area contributed by atoms with Crippen LogP contribution in [0.5, 0.6) is 0 Å². The molecule has 0 aromatic heterocycles. The lowest BCUT2D eigenvalue weighted by atomic mass is 10.00. The molecule has 3 aromatic rings. The van der Waals surface area contributed by atoms with Crippen molar-refractivity contribution in [3.8, 4) is 0 Å². The van der Waals surface area contributed by atoms with Crippen molar-refractivity contribution in [2.75, 3.05) is 0 Å². The van der Waals surface area contributed by atoms with E-state index in [2.05, 4.69) is 21.2 Å². The van der Waals surface area contributed by atoms with Gasteiger partial charge in [-0.15, -0.1) is 0 Å². The van der Waals surface area contributed by atoms with Crippen LogP contribution < -0.4 is 5.32 Å². The molecule has 1 aliphatic rings. The molecule has 1 heterocycles. The van der Waals surface area contributed by atoms with E-state index in [0.29, 0.717) is 18.5 Å². The normalized spacial score (nSPS) is 16.3. The SMILES string of the molecule is CCC(c1ccccc1)N1C(=O)c2ccc(Br)cc2C1C(=O)NCc1ccccc1. The number of benzene rings is 3. The number of nitrogens with one attached hydrogen (secondary N) is 1. The number of nitrogens with zero attached hydrogens (tertiary/aromatic N) is 1. The molecule has 5 heteroatoms. The van der Waals surface area contributed by atoms with Gasteiger partial charge in [0, 0.05) is 16.6 Å². The van der Waals surface area contributed by atoms with Gasteiger partial charge < -0.3 is 10.2 Å². The van der Waals surface area contributed by atoms with Crippen molar-refractivity contribution in [2.45, 2.75) is 32.0 Å². The van der Waals surface area contributed by atoms with Gasteiger partial charge in [0.15, 0.2) is 0 Å². The predicted molar refractivity (Wildman–Crippen MR) is 121 cm³/mol. The second kappa shape index (κ2) is 8.84. The molecule has 2 unspecified atom stereocenters. The van der Waals surface area contributed by atoms with E-state index in [1.54, 1.807) is 11.0 Å². The molecular weight excluding hydrogens is 440 g/mol. The summed E-state index contributed by atoms with van der Waals surface area (Å²) in [5, 5.41) is 3.03. The molecule has 30 heavy (non-hydrogen) atoms. The van der Waals surface area contributed by atoms with E-state index in [-0.39, 0.29) is 17.9 Å². The molecule has 2 atom stereocenters. The molecule has 0 aliphatic carbocycles. The van der Waals surface area contributed by atoms with Gasteiger partial charge in [-0.1, -0.05) is 83.5 Å². The predicted octanol–water partition coefficient (Wildman–Crippen LogP) is 5.41. The number of halogens is 1. The van der Waals surface area contributed by atoms with E-state index in [0.717, 1.165) is 21.2 Å². The Morgan fingerprint density at radius 3 is 2.37 bits per heavy atom. The molecule has 0 saturated carbocycles. The lowest BCUT2D eigenvalue weighted by Crippen LogP contribution is -2.40. The monoisotopic (exact) mass is 462 g/mol. The van der Waals surface area contributed by atoms with Gasteiger partial charge in [-0.25, -0.2) is 0 Å². The number of fused-ring (bicyclic) bond motifs is 1. The van der Waals surface area contributed by atoms with Crippen molar-refractivity contribution in [2.24, 2.45) is 0 Å². The second-order valence-corrected chi connectivity index (χ2v) is 8.30. The van der Waals surface area contributed by atoms with E-state index < -0.39 is 6.04 Å². The Labute approximate surface area is 185 Å². The largest absolute Gasteiger partial charge is 0.350 e.